The average molecular weight is 387 g/mol. The Hall–Kier alpha value is -2.58. The monoisotopic (exact) mass is 387 g/mol. The quantitative estimate of drug-likeness (QED) is 0.641. The van der Waals surface area contributed by atoms with E-state index in [1.54, 1.807) is 39.6 Å². The lowest BCUT2D eigenvalue weighted by molar-refractivity contribution is 0.194. The third-order valence-electron chi connectivity index (χ3n) is 4.74. The highest BCUT2D eigenvalue weighted by Gasteiger charge is 2.20. The van der Waals surface area contributed by atoms with Gasteiger partial charge in [-0.15, -0.1) is 0 Å². The Kier molecular flexibility index (Phi) is 5.00. The number of benzene rings is 2. The molecule has 0 atom stereocenters. The zero-order chi connectivity index (χ0) is 18.8. The topological polar surface area (TPSA) is 29.2 Å². The maximum atomic E-state index is 14.0. The van der Waals surface area contributed by atoms with Gasteiger partial charge < -0.3 is 4.90 Å². The maximum Gasteiger partial charge on any atom is 0.203 e. The Labute approximate surface area is 161 Å². The summed E-state index contributed by atoms with van der Waals surface area (Å²) >= 11 is 5.46. The molecule has 3 aromatic rings. The molecular weight excluding hydrogens is 368 g/mol. The third kappa shape index (κ3) is 3.63. The molecule has 1 saturated heterocycles. The van der Waals surface area contributed by atoms with E-state index in [9.17, 15) is 8.78 Å². The van der Waals surface area contributed by atoms with Crippen LogP contribution in [-0.2, 0) is 6.67 Å². The first-order chi connectivity index (χ1) is 13.1. The molecule has 1 aliphatic heterocycles. The van der Waals surface area contributed by atoms with Crippen LogP contribution in [0.4, 0.5) is 14.5 Å². The molecule has 2 aromatic carbocycles. The molecule has 0 aliphatic carbocycles. The van der Waals surface area contributed by atoms with Gasteiger partial charge in [0, 0.05) is 26.2 Å². The highest BCUT2D eigenvalue weighted by atomic mass is 32.1. The Morgan fingerprint density at radius 3 is 2.07 bits per heavy atom. The van der Waals surface area contributed by atoms with Crippen LogP contribution in [0.3, 0.4) is 0 Å². The van der Waals surface area contributed by atoms with Gasteiger partial charge in [0.15, 0.2) is 0 Å². The van der Waals surface area contributed by atoms with Gasteiger partial charge in [-0.25, -0.2) is 13.5 Å². The minimum absolute atomic E-state index is 0.197. The van der Waals surface area contributed by atoms with Crippen molar-refractivity contribution >= 4 is 17.9 Å². The summed E-state index contributed by atoms with van der Waals surface area (Å²) < 4.78 is 31.7. The standard InChI is InChI=1S/C19H19F2N5S/c20-15-5-1-3-7-17(15)24-11-9-23(10-12-24)14-26-19(27)25(13-22-26)18-8-4-2-6-16(18)21/h1-8,13H,9-12,14H2. The van der Waals surface area contributed by atoms with Crippen LogP contribution in [-0.4, -0.2) is 45.4 Å². The molecule has 4 rings (SSSR count). The zero-order valence-electron chi connectivity index (χ0n) is 14.6. The fraction of sp³-hybridized carbons (Fsp3) is 0.263. The first kappa shape index (κ1) is 17.8. The molecule has 5 nitrogen and oxygen atoms in total. The second-order valence-corrected chi connectivity index (χ2v) is 6.80. The molecule has 0 bridgehead atoms. The van der Waals surface area contributed by atoms with Gasteiger partial charge in [-0.1, -0.05) is 24.3 Å². The summed E-state index contributed by atoms with van der Waals surface area (Å²) in [6, 6.07) is 13.3. The van der Waals surface area contributed by atoms with E-state index in [0.29, 0.717) is 22.8 Å². The molecular formula is C19H19F2N5S. The predicted molar refractivity (Wildman–Crippen MR) is 103 cm³/mol. The maximum absolute atomic E-state index is 14.0. The van der Waals surface area contributed by atoms with Crippen molar-refractivity contribution in [2.24, 2.45) is 0 Å². The number of piperazine rings is 1. The molecule has 8 heteroatoms. The molecule has 0 unspecified atom stereocenters. The molecule has 27 heavy (non-hydrogen) atoms. The van der Waals surface area contributed by atoms with Crippen molar-refractivity contribution in [2.45, 2.75) is 6.67 Å². The van der Waals surface area contributed by atoms with Gasteiger partial charge in [-0.05, 0) is 36.5 Å². The number of nitrogens with zero attached hydrogens (tertiary/aromatic N) is 5. The van der Waals surface area contributed by atoms with E-state index in [2.05, 4.69) is 10.00 Å². The van der Waals surface area contributed by atoms with Crippen LogP contribution in [0.5, 0.6) is 0 Å². The van der Waals surface area contributed by atoms with E-state index in [1.165, 1.54) is 18.5 Å². The fourth-order valence-electron chi connectivity index (χ4n) is 3.27. The van der Waals surface area contributed by atoms with E-state index in [-0.39, 0.29) is 11.6 Å². The Morgan fingerprint density at radius 1 is 0.852 bits per heavy atom. The van der Waals surface area contributed by atoms with E-state index in [0.717, 1.165) is 26.2 Å². The lowest BCUT2D eigenvalue weighted by Crippen LogP contribution is -2.47. The van der Waals surface area contributed by atoms with Crippen molar-refractivity contribution < 1.29 is 8.78 Å². The molecule has 140 valence electrons. The van der Waals surface area contributed by atoms with Gasteiger partial charge in [0.25, 0.3) is 0 Å². The molecule has 0 amide bonds. The number of halogens is 2. The number of anilines is 1. The van der Waals surface area contributed by atoms with Gasteiger partial charge in [0.1, 0.15) is 18.0 Å². The van der Waals surface area contributed by atoms with Gasteiger partial charge >= 0.3 is 0 Å². The van der Waals surface area contributed by atoms with Crippen LogP contribution in [0, 0.1) is 16.4 Å². The molecule has 2 heterocycles. The summed E-state index contributed by atoms with van der Waals surface area (Å²) in [6.07, 6.45) is 1.54. The molecule has 1 aliphatic rings. The van der Waals surface area contributed by atoms with E-state index in [1.807, 2.05) is 11.0 Å². The number of hydrogen-bond donors (Lipinski definition) is 0. The Balaban J connectivity index is 1.44. The van der Waals surface area contributed by atoms with Gasteiger partial charge in [-0.2, -0.15) is 5.10 Å². The summed E-state index contributed by atoms with van der Waals surface area (Å²) in [7, 11) is 0. The molecule has 0 spiro atoms. The average Bonchev–Trinajstić information content (AvgIpc) is 3.04. The van der Waals surface area contributed by atoms with Crippen LogP contribution in [0.15, 0.2) is 54.9 Å². The summed E-state index contributed by atoms with van der Waals surface area (Å²) in [4.78, 5) is 4.24. The van der Waals surface area contributed by atoms with Crippen molar-refractivity contribution in [1.82, 2.24) is 19.2 Å². The first-order valence-electron chi connectivity index (χ1n) is 8.74. The largest absolute Gasteiger partial charge is 0.367 e. The molecule has 1 aromatic heterocycles. The molecule has 1 fully saturated rings. The summed E-state index contributed by atoms with van der Waals surface area (Å²) in [6.45, 7) is 3.50. The zero-order valence-corrected chi connectivity index (χ0v) is 15.4. The van der Waals surface area contributed by atoms with Crippen molar-refractivity contribution in [3.63, 3.8) is 0 Å². The lowest BCUT2D eigenvalue weighted by atomic mass is 10.2. The van der Waals surface area contributed by atoms with Gasteiger partial charge in [-0.3, -0.25) is 9.47 Å². The Morgan fingerprint density at radius 2 is 1.44 bits per heavy atom. The van der Waals surface area contributed by atoms with E-state index in [4.69, 9.17) is 12.2 Å². The van der Waals surface area contributed by atoms with Crippen molar-refractivity contribution in [1.29, 1.82) is 0 Å². The highest BCUT2D eigenvalue weighted by Crippen LogP contribution is 2.20. The van der Waals surface area contributed by atoms with Gasteiger partial charge in [0.2, 0.25) is 4.77 Å². The number of aromatic nitrogens is 3. The highest BCUT2D eigenvalue weighted by molar-refractivity contribution is 7.71. The van der Waals surface area contributed by atoms with Crippen LogP contribution in [0.2, 0.25) is 0 Å². The summed E-state index contributed by atoms with van der Waals surface area (Å²) in [5, 5.41) is 4.31. The minimum atomic E-state index is -0.341. The van der Waals surface area contributed by atoms with Crippen LogP contribution in [0.1, 0.15) is 0 Å². The Bertz CT molecular complexity index is 992. The lowest BCUT2D eigenvalue weighted by Gasteiger charge is -2.35. The number of para-hydroxylation sites is 2. The number of hydrogen-bond acceptors (Lipinski definition) is 4. The summed E-state index contributed by atoms with van der Waals surface area (Å²) in [5.74, 6) is -0.538. The smallest absolute Gasteiger partial charge is 0.203 e. The molecule has 0 N–H and O–H groups in total. The second kappa shape index (κ2) is 7.58. The van der Waals surface area contributed by atoms with Crippen molar-refractivity contribution in [2.75, 3.05) is 31.1 Å². The van der Waals surface area contributed by atoms with Crippen LogP contribution in [0.25, 0.3) is 5.69 Å². The second-order valence-electron chi connectivity index (χ2n) is 6.43. The van der Waals surface area contributed by atoms with Gasteiger partial charge in [0.05, 0.1) is 18.0 Å². The summed E-state index contributed by atoms with van der Waals surface area (Å²) in [5.41, 5.74) is 1.02. The fourth-order valence-corrected chi connectivity index (χ4v) is 3.52. The molecule has 0 saturated carbocycles. The third-order valence-corrected chi connectivity index (χ3v) is 5.15. The van der Waals surface area contributed by atoms with Crippen LogP contribution < -0.4 is 4.90 Å². The molecule has 0 radical (unpaired) electrons. The minimum Gasteiger partial charge on any atom is -0.367 e. The van der Waals surface area contributed by atoms with Crippen LogP contribution >= 0.6 is 12.2 Å². The first-order valence-corrected chi connectivity index (χ1v) is 9.15. The van der Waals surface area contributed by atoms with Crippen molar-refractivity contribution in [3.05, 3.63) is 71.3 Å². The van der Waals surface area contributed by atoms with Crippen molar-refractivity contribution in [3.8, 4) is 5.69 Å². The predicted octanol–water partition coefficient (Wildman–Crippen LogP) is 3.46. The van der Waals surface area contributed by atoms with E-state index < -0.39 is 0 Å². The SMILES string of the molecule is Fc1ccccc1N1CCN(Cn2ncn(-c3ccccc3F)c2=S)CC1. The number of rotatable bonds is 4. The normalized spacial score (nSPS) is 15.3. The van der Waals surface area contributed by atoms with E-state index >= 15 is 0 Å².